The van der Waals surface area contributed by atoms with Crippen molar-refractivity contribution in [2.75, 3.05) is 0 Å². The van der Waals surface area contributed by atoms with Crippen molar-refractivity contribution in [2.24, 2.45) is 0 Å². The van der Waals surface area contributed by atoms with E-state index in [9.17, 15) is 5.26 Å². The highest BCUT2D eigenvalue weighted by Gasteiger charge is 2.10. The summed E-state index contributed by atoms with van der Waals surface area (Å²) in [5.74, 6) is 1.48. The molecule has 0 amide bonds. The molecule has 0 aliphatic carbocycles. The SMILES string of the molecule is Cc1ccc(/C=C(/C#N)c2nc(-c3ccc(Br)cc3)cs2)o1. The molecule has 3 aromatic rings. The molecule has 3 nitrogen and oxygen atoms in total. The molecule has 0 aliphatic rings. The van der Waals surface area contributed by atoms with E-state index in [1.165, 1.54) is 11.3 Å². The summed E-state index contributed by atoms with van der Waals surface area (Å²) in [4.78, 5) is 4.56. The van der Waals surface area contributed by atoms with Crippen LogP contribution in [-0.2, 0) is 0 Å². The van der Waals surface area contributed by atoms with E-state index >= 15 is 0 Å². The number of nitrogens with zero attached hydrogens (tertiary/aromatic N) is 2. The molecular weight excluding hydrogens is 360 g/mol. The number of allylic oxidation sites excluding steroid dienone is 1. The fraction of sp³-hybridized carbons (Fsp3) is 0.0588. The van der Waals surface area contributed by atoms with Gasteiger partial charge in [0.1, 0.15) is 22.6 Å². The topological polar surface area (TPSA) is 49.8 Å². The Hall–Kier alpha value is -2.16. The molecule has 0 fully saturated rings. The van der Waals surface area contributed by atoms with Crippen molar-refractivity contribution in [2.45, 2.75) is 6.92 Å². The first-order valence-corrected chi connectivity index (χ1v) is 8.23. The Balaban J connectivity index is 1.93. The maximum Gasteiger partial charge on any atom is 0.134 e. The zero-order valence-electron chi connectivity index (χ0n) is 11.7. The molecule has 0 spiro atoms. The monoisotopic (exact) mass is 370 g/mol. The Morgan fingerprint density at radius 2 is 2.05 bits per heavy atom. The number of hydrogen-bond acceptors (Lipinski definition) is 4. The number of thiazole rings is 1. The molecule has 0 aliphatic heterocycles. The maximum atomic E-state index is 9.36. The van der Waals surface area contributed by atoms with Gasteiger partial charge in [-0.3, -0.25) is 0 Å². The largest absolute Gasteiger partial charge is 0.462 e. The Kier molecular flexibility index (Phi) is 4.23. The van der Waals surface area contributed by atoms with Crippen LogP contribution in [0, 0.1) is 18.3 Å². The number of furan rings is 1. The van der Waals surface area contributed by atoms with Gasteiger partial charge < -0.3 is 4.42 Å². The lowest BCUT2D eigenvalue weighted by Gasteiger charge is -1.96. The minimum atomic E-state index is 0.503. The zero-order chi connectivity index (χ0) is 15.5. The second-order valence-corrected chi connectivity index (χ2v) is 6.44. The first-order chi connectivity index (χ1) is 10.7. The molecule has 1 aromatic carbocycles. The lowest BCUT2D eigenvalue weighted by Crippen LogP contribution is -1.82. The standard InChI is InChI=1S/C17H11BrN2OS/c1-11-2-7-15(21-11)8-13(9-19)17-20-16(10-22-17)12-3-5-14(18)6-4-12/h2-8,10H,1H3/b13-8-. The fourth-order valence-electron chi connectivity index (χ4n) is 1.97. The predicted octanol–water partition coefficient (Wildman–Crippen LogP) is 5.54. The van der Waals surface area contributed by atoms with Crippen LogP contribution in [0.3, 0.4) is 0 Å². The number of benzene rings is 1. The van der Waals surface area contributed by atoms with E-state index in [1.807, 2.05) is 48.7 Å². The van der Waals surface area contributed by atoms with Crippen LogP contribution in [0.5, 0.6) is 0 Å². The van der Waals surface area contributed by atoms with Crippen LogP contribution in [0.1, 0.15) is 16.5 Å². The molecule has 3 rings (SSSR count). The van der Waals surface area contributed by atoms with Crippen molar-refractivity contribution < 1.29 is 4.42 Å². The minimum absolute atomic E-state index is 0.503. The molecule has 2 aromatic heterocycles. The summed E-state index contributed by atoms with van der Waals surface area (Å²) < 4.78 is 6.51. The summed E-state index contributed by atoms with van der Waals surface area (Å²) in [5.41, 5.74) is 2.39. The van der Waals surface area contributed by atoms with Gasteiger partial charge in [0.2, 0.25) is 0 Å². The van der Waals surface area contributed by atoms with Gasteiger partial charge in [0.25, 0.3) is 0 Å². The van der Waals surface area contributed by atoms with Gasteiger partial charge in [0, 0.05) is 21.5 Å². The van der Waals surface area contributed by atoms with Crippen LogP contribution in [0.4, 0.5) is 0 Å². The fourth-order valence-corrected chi connectivity index (χ4v) is 3.02. The Morgan fingerprint density at radius 1 is 1.27 bits per heavy atom. The third kappa shape index (κ3) is 3.19. The Morgan fingerprint density at radius 3 is 2.68 bits per heavy atom. The number of aryl methyl sites for hydroxylation is 1. The van der Waals surface area contributed by atoms with Crippen LogP contribution in [0.15, 0.2) is 50.7 Å². The molecule has 0 atom stereocenters. The predicted molar refractivity (Wildman–Crippen MR) is 92.2 cm³/mol. The summed E-state index contributed by atoms with van der Waals surface area (Å²) in [5, 5.41) is 12.0. The van der Waals surface area contributed by atoms with E-state index in [0.717, 1.165) is 21.5 Å². The third-order valence-electron chi connectivity index (χ3n) is 3.04. The molecule has 0 radical (unpaired) electrons. The Bertz CT molecular complexity index is 869. The number of halogens is 1. The average Bonchev–Trinajstić information content (AvgIpc) is 3.15. The first kappa shape index (κ1) is 14.8. The second-order valence-electron chi connectivity index (χ2n) is 4.66. The first-order valence-electron chi connectivity index (χ1n) is 6.56. The van der Waals surface area contributed by atoms with E-state index in [1.54, 1.807) is 6.08 Å². The molecule has 0 unspecified atom stereocenters. The van der Waals surface area contributed by atoms with Crippen molar-refractivity contribution in [3.8, 4) is 17.3 Å². The van der Waals surface area contributed by atoms with E-state index < -0.39 is 0 Å². The summed E-state index contributed by atoms with van der Waals surface area (Å²) in [6.45, 7) is 1.87. The highest BCUT2D eigenvalue weighted by molar-refractivity contribution is 9.10. The number of rotatable bonds is 3. The molecule has 0 saturated carbocycles. The van der Waals surface area contributed by atoms with Crippen molar-refractivity contribution in [1.29, 1.82) is 5.26 Å². The quantitative estimate of drug-likeness (QED) is 0.568. The lowest BCUT2D eigenvalue weighted by molar-refractivity contribution is 0.525. The zero-order valence-corrected chi connectivity index (χ0v) is 14.1. The van der Waals surface area contributed by atoms with Gasteiger partial charge in [-0.25, -0.2) is 4.98 Å². The van der Waals surface area contributed by atoms with Gasteiger partial charge in [-0.05, 0) is 31.2 Å². The van der Waals surface area contributed by atoms with E-state index in [4.69, 9.17) is 4.42 Å². The van der Waals surface area contributed by atoms with Crippen molar-refractivity contribution in [1.82, 2.24) is 4.98 Å². The van der Waals surface area contributed by atoms with Crippen LogP contribution in [0.2, 0.25) is 0 Å². The van der Waals surface area contributed by atoms with E-state index in [-0.39, 0.29) is 0 Å². The van der Waals surface area contributed by atoms with Crippen LogP contribution in [-0.4, -0.2) is 4.98 Å². The number of hydrogen-bond donors (Lipinski definition) is 0. The van der Waals surface area contributed by atoms with Gasteiger partial charge in [-0.2, -0.15) is 5.26 Å². The maximum absolute atomic E-state index is 9.36. The average molecular weight is 371 g/mol. The highest BCUT2D eigenvalue weighted by Crippen LogP contribution is 2.28. The molecule has 5 heteroatoms. The molecule has 0 N–H and O–H groups in total. The van der Waals surface area contributed by atoms with Crippen molar-refractivity contribution in [3.05, 3.63) is 62.8 Å². The number of nitriles is 1. The van der Waals surface area contributed by atoms with E-state index in [2.05, 4.69) is 27.0 Å². The minimum Gasteiger partial charge on any atom is -0.462 e. The van der Waals surface area contributed by atoms with Gasteiger partial charge >= 0.3 is 0 Å². The van der Waals surface area contributed by atoms with Gasteiger partial charge in [-0.1, -0.05) is 28.1 Å². The van der Waals surface area contributed by atoms with E-state index in [0.29, 0.717) is 16.3 Å². The smallest absolute Gasteiger partial charge is 0.134 e. The van der Waals surface area contributed by atoms with Gasteiger partial charge in [0.05, 0.1) is 11.3 Å². The summed E-state index contributed by atoms with van der Waals surface area (Å²) >= 11 is 4.87. The van der Waals surface area contributed by atoms with Crippen molar-refractivity contribution in [3.63, 3.8) is 0 Å². The normalized spacial score (nSPS) is 11.4. The molecule has 22 heavy (non-hydrogen) atoms. The molecular formula is C17H11BrN2OS. The second kappa shape index (κ2) is 6.30. The lowest BCUT2D eigenvalue weighted by atomic mass is 10.2. The van der Waals surface area contributed by atoms with Gasteiger partial charge in [-0.15, -0.1) is 11.3 Å². The third-order valence-corrected chi connectivity index (χ3v) is 4.45. The van der Waals surface area contributed by atoms with Crippen LogP contribution >= 0.6 is 27.3 Å². The summed E-state index contributed by atoms with van der Waals surface area (Å²) in [6, 6.07) is 13.8. The van der Waals surface area contributed by atoms with Crippen LogP contribution in [0.25, 0.3) is 22.9 Å². The molecule has 108 valence electrons. The highest BCUT2D eigenvalue weighted by atomic mass is 79.9. The molecule has 0 saturated heterocycles. The number of aromatic nitrogens is 1. The molecule has 2 heterocycles. The van der Waals surface area contributed by atoms with Crippen LogP contribution < -0.4 is 0 Å². The molecule has 0 bridgehead atoms. The summed E-state index contributed by atoms with van der Waals surface area (Å²) in [7, 11) is 0. The summed E-state index contributed by atoms with van der Waals surface area (Å²) in [6.07, 6.45) is 1.72. The van der Waals surface area contributed by atoms with Crippen molar-refractivity contribution >= 4 is 38.9 Å². The van der Waals surface area contributed by atoms with Gasteiger partial charge in [0.15, 0.2) is 0 Å². The Labute approximate surface area is 140 Å².